The summed E-state index contributed by atoms with van der Waals surface area (Å²) in [5.74, 6) is 1.92. The molecule has 0 fully saturated rings. The predicted octanol–water partition coefficient (Wildman–Crippen LogP) is 2.25. The molecule has 14 heavy (non-hydrogen) atoms. The smallest absolute Gasteiger partial charge is 0.126 e. The Balaban J connectivity index is 2.46. The van der Waals surface area contributed by atoms with E-state index in [1.54, 1.807) is 18.9 Å². The summed E-state index contributed by atoms with van der Waals surface area (Å²) in [6.45, 7) is 3.75. The quantitative estimate of drug-likeness (QED) is 0.579. The van der Waals surface area contributed by atoms with Gasteiger partial charge in [-0.05, 0) is 19.1 Å². The van der Waals surface area contributed by atoms with Gasteiger partial charge in [-0.15, -0.1) is 11.8 Å². The number of hydrogen-bond acceptors (Lipinski definition) is 4. The topological polar surface area (TPSA) is 34.1 Å². The van der Waals surface area contributed by atoms with E-state index in [9.17, 15) is 0 Å². The summed E-state index contributed by atoms with van der Waals surface area (Å²) in [4.78, 5) is 5.43. The average molecular weight is 212 g/mol. The Labute approximate surface area is 89.3 Å². The molecule has 0 aliphatic rings. The van der Waals surface area contributed by atoms with Crippen molar-refractivity contribution >= 4 is 17.6 Å². The normalized spacial score (nSPS) is 10.1. The van der Waals surface area contributed by atoms with E-state index < -0.39 is 0 Å². The van der Waals surface area contributed by atoms with Crippen molar-refractivity contribution in [3.8, 4) is 0 Å². The first-order chi connectivity index (χ1) is 6.86. The van der Waals surface area contributed by atoms with E-state index in [1.807, 2.05) is 12.3 Å². The van der Waals surface area contributed by atoms with Crippen molar-refractivity contribution < 1.29 is 4.74 Å². The second-order valence-corrected chi connectivity index (χ2v) is 3.92. The molecule has 0 spiro atoms. The first-order valence-corrected chi connectivity index (χ1v) is 5.67. The minimum absolute atomic E-state index is 0.781. The molecule has 1 aromatic rings. The molecule has 1 aromatic heterocycles. The number of anilines is 1. The lowest BCUT2D eigenvalue weighted by Crippen LogP contribution is -1.98. The highest BCUT2D eigenvalue weighted by atomic mass is 32.2. The molecule has 0 unspecified atom stereocenters. The lowest BCUT2D eigenvalue weighted by Gasteiger charge is -2.04. The molecule has 78 valence electrons. The van der Waals surface area contributed by atoms with Crippen LogP contribution >= 0.6 is 11.8 Å². The fourth-order valence-corrected chi connectivity index (χ4v) is 1.86. The number of nitrogens with one attached hydrogen (secondary N) is 1. The van der Waals surface area contributed by atoms with Crippen molar-refractivity contribution in [1.29, 1.82) is 0 Å². The number of thioether (sulfide) groups is 1. The van der Waals surface area contributed by atoms with Crippen LogP contribution in [0.1, 0.15) is 6.92 Å². The van der Waals surface area contributed by atoms with Crippen molar-refractivity contribution in [3.63, 3.8) is 0 Å². The molecular weight excluding hydrogens is 196 g/mol. The summed E-state index contributed by atoms with van der Waals surface area (Å²) in [5.41, 5.74) is 0. The monoisotopic (exact) mass is 212 g/mol. The van der Waals surface area contributed by atoms with Gasteiger partial charge in [0.1, 0.15) is 5.82 Å². The van der Waals surface area contributed by atoms with Gasteiger partial charge in [0.05, 0.1) is 6.61 Å². The maximum Gasteiger partial charge on any atom is 0.126 e. The third-order valence-corrected chi connectivity index (χ3v) is 2.60. The second-order valence-electron chi connectivity index (χ2n) is 2.75. The molecule has 0 aliphatic heterocycles. The van der Waals surface area contributed by atoms with Gasteiger partial charge in [0.25, 0.3) is 0 Å². The molecule has 0 amide bonds. The van der Waals surface area contributed by atoms with Crippen LogP contribution in [0.3, 0.4) is 0 Å². The van der Waals surface area contributed by atoms with Crippen LogP contribution in [0.25, 0.3) is 0 Å². The summed E-state index contributed by atoms with van der Waals surface area (Å²) in [6, 6.07) is 4.07. The summed E-state index contributed by atoms with van der Waals surface area (Å²) in [6.07, 6.45) is 1.83. The Hall–Kier alpha value is -0.740. The van der Waals surface area contributed by atoms with Gasteiger partial charge in [-0.2, -0.15) is 0 Å². The molecule has 0 aromatic carbocycles. The minimum atomic E-state index is 0.781. The number of ether oxygens (including phenoxy) is 1. The van der Waals surface area contributed by atoms with Crippen LogP contribution in [0.15, 0.2) is 23.2 Å². The fourth-order valence-electron chi connectivity index (χ4n) is 1.02. The molecule has 0 saturated heterocycles. The molecule has 0 aliphatic carbocycles. The van der Waals surface area contributed by atoms with E-state index in [-0.39, 0.29) is 0 Å². The van der Waals surface area contributed by atoms with Crippen LogP contribution in [-0.2, 0) is 4.74 Å². The van der Waals surface area contributed by atoms with Gasteiger partial charge < -0.3 is 10.1 Å². The molecule has 3 nitrogen and oxygen atoms in total. The Morgan fingerprint density at radius 1 is 1.57 bits per heavy atom. The second kappa shape index (κ2) is 6.68. The van der Waals surface area contributed by atoms with E-state index in [4.69, 9.17) is 4.74 Å². The van der Waals surface area contributed by atoms with Crippen molar-refractivity contribution in [1.82, 2.24) is 4.98 Å². The first-order valence-electron chi connectivity index (χ1n) is 4.68. The van der Waals surface area contributed by atoms with Gasteiger partial charge in [0.2, 0.25) is 0 Å². The van der Waals surface area contributed by atoms with Crippen molar-refractivity contribution in [2.24, 2.45) is 0 Å². The molecule has 1 heterocycles. The van der Waals surface area contributed by atoms with Crippen LogP contribution in [-0.4, -0.2) is 31.0 Å². The number of rotatable bonds is 6. The highest BCUT2D eigenvalue weighted by molar-refractivity contribution is 7.99. The largest absolute Gasteiger partial charge is 0.384 e. The molecule has 4 heteroatoms. The standard InChI is InChI=1S/C10H16N2OS/c1-3-11-10-8-9(4-5-12-10)14-7-6-13-2/h4-5,8H,3,6-7H2,1-2H3,(H,11,12). The first kappa shape index (κ1) is 11.3. The molecule has 0 radical (unpaired) electrons. The highest BCUT2D eigenvalue weighted by Gasteiger charge is 1.96. The molecule has 0 bridgehead atoms. The van der Waals surface area contributed by atoms with Crippen LogP contribution in [0.4, 0.5) is 5.82 Å². The van der Waals surface area contributed by atoms with Gasteiger partial charge in [0, 0.05) is 30.5 Å². The van der Waals surface area contributed by atoms with Crippen molar-refractivity contribution in [2.75, 3.05) is 31.3 Å². The lowest BCUT2D eigenvalue weighted by molar-refractivity contribution is 0.218. The Bertz CT molecular complexity index is 268. The number of hydrogen-bond donors (Lipinski definition) is 1. The van der Waals surface area contributed by atoms with Crippen molar-refractivity contribution in [2.45, 2.75) is 11.8 Å². The van der Waals surface area contributed by atoms with E-state index in [1.165, 1.54) is 4.90 Å². The van der Waals surface area contributed by atoms with Gasteiger partial charge in [-0.25, -0.2) is 4.98 Å². The molecule has 1 rings (SSSR count). The third-order valence-electron chi connectivity index (χ3n) is 1.65. The predicted molar refractivity (Wildman–Crippen MR) is 61.0 cm³/mol. The summed E-state index contributed by atoms with van der Waals surface area (Å²) in [5, 5.41) is 3.18. The zero-order valence-electron chi connectivity index (χ0n) is 8.62. The maximum absolute atomic E-state index is 4.99. The Kier molecular flexibility index (Phi) is 5.40. The summed E-state index contributed by atoms with van der Waals surface area (Å²) in [7, 11) is 1.72. The summed E-state index contributed by atoms with van der Waals surface area (Å²) < 4.78 is 4.99. The molecule has 0 atom stereocenters. The number of pyridine rings is 1. The molecular formula is C10H16N2OS. The van der Waals surface area contributed by atoms with E-state index >= 15 is 0 Å². The lowest BCUT2D eigenvalue weighted by atomic mass is 10.4. The van der Waals surface area contributed by atoms with Crippen LogP contribution < -0.4 is 5.32 Å². The Morgan fingerprint density at radius 2 is 2.43 bits per heavy atom. The SMILES string of the molecule is CCNc1cc(SCCOC)ccn1. The van der Waals surface area contributed by atoms with E-state index in [0.29, 0.717) is 0 Å². The number of methoxy groups -OCH3 is 1. The highest BCUT2D eigenvalue weighted by Crippen LogP contribution is 2.19. The minimum Gasteiger partial charge on any atom is -0.384 e. The van der Waals surface area contributed by atoms with Gasteiger partial charge in [-0.3, -0.25) is 0 Å². The third kappa shape index (κ3) is 3.98. The fraction of sp³-hybridized carbons (Fsp3) is 0.500. The Morgan fingerprint density at radius 3 is 3.14 bits per heavy atom. The van der Waals surface area contributed by atoms with Gasteiger partial charge >= 0.3 is 0 Å². The average Bonchev–Trinajstić information content (AvgIpc) is 2.19. The number of aromatic nitrogens is 1. The van der Waals surface area contributed by atoms with Gasteiger partial charge in [-0.1, -0.05) is 0 Å². The van der Waals surface area contributed by atoms with E-state index in [0.717, 1.165) is 24.7 Å². The van der Waals surface area contributed by atoms with Crippen LogP contribution in [0.2, 0.25) is 0 Å². The maximum atomic E-state index is 4.99. The van der Waals surface area contributed by atoms with Crippen LogP contribution in [0.5, 0.6) is 0 Å². The zero-order valence-corrected chi connectivity index (χ0v) is 9.43. The molecule has 1 N–H and O–H groups in total. The van der Waals surface area contributed by atoms with Crippen molar-refractivity contribution in [3.05, 3.63) is 18.3 Å². The van der Waals surface area contributed by atoms with E-state index in [2.05, 4.69) is 23.3 Å². The zero-order chi connectivity index (χ0) is 10.2. The number of nitrogens with zero attached hydrogens (tertiary/aromatic N) is 1. The molecule has 0 saturated carbocycles. The van der Waals surface area contributed by atoms with Crippen LogP contribution in [0, 0.1) is 0 Å². The summed E-state index contributed by atoms with van der Waals surface area (Å²) >= 11 is 1.78. The van der Waals surface area contributed by atoms with Gasteiger partial charge in [0.15, 0.2) is 0 Å².